The number of hydrogen-bond acceptors (Lipinski definition) is 6. The van der Waals surface area contributed by atoms with E-state index in [1.807, 2.05) is 18.2 Å². The number of carbonyl (C=O) groups is 2. The predicted molar refractivity (Wildman–Crippen MR) is 84.8 cm³/mol. The molecule has 2 heterocycles. The maximum Gasteiger partial charge on any atom is 0.228 e. The van der Waals surface area contributed by atoms with E-state index >= 15 is 0 Å². The van der Waals surface area contributed by atoms with Crippen LogP contribution >= 0.6 is 0 Å². The van der Waals surface area contributed by atoms with Crippen molar-refractivity contribution in [2.24, 2.45) is 5.92 Å². The molecule has 8 heteroatoms. The normalized spacial score (nSPS) is 17.7. The molecule has 1 aliphatic rings. The Morgan fingerprint density at radius 1 is 1.42 bits per heavy atom. The molecule has 0 unspecified atom stereocenters. The minimum Gasteiger partial charge on any atom is -0.383 e. The lowest BCUT2D eigenvalue weighted by Crippen LogP contribution is -2.35. The van der Waals surface area contributed by atoms with E-state index in [1.165, 1.54) is 0 Å². The zero-order valence-corrected chi connectivity index (χ0v) is 13.8. The van der Waals surface area contributed by atoms with Gasteiger partial charge in [0.1, 0.15) is 11.0 Å². The maximum absolute atomic E-state index is 12.6. The van der Waals surface area contributed by atoms with Crippen LogP contribution in [0.1, 0.15) is 12.0 Å². The molecule has 1 atom stereocenters. The van der Waals surface area contributed by atoms with Gasteiger partial charge in [0.15, 0.2) is 0 Å². The number of aromatic nitrogens is 2. The summed E-state index contributed by atoms with van der Waals surface area (Å²) < 4.78 is 9.67. The monoisotopic (exact) mass is 332 g/mol. The van der Waals surface area contributed by atoms with Crippen molar-refractivity contribution < 1.29 is 19.0 Å². The standard InChI is InChI=1S/C16H20N4O4/c1-19(9-11-3-4-13-14(7-11)18-24-17-13)16(22)12-8-15(21)20(10-12)5-6-23-2/h3-4,7,12H,5-6,8-10H2,1-2H3/t12-/m0/s1. The Bertz CT molecular complexity index is 745. The van der Waals surface area contributed by atoms with Crippen LogP contribution in [-0.2, 0) is 20.9 Å². The van der Waals surface area contributed by atoms with Crippen LogP contribution in [0.15, 0.2) is 22.8 Å². The van der Waals surface area contributed by atoms with Crippen LogP contribution in [0.25, 0.3) is 11.0 Å². The number of rotatable bonds is 6. The number of benzene rings is 1. The molecule has 1 fully saturated rings. The summed E-state index contributed by atoms with van der Waals surface area (Å²) in [6, 6.07) is 5.55. The number of likely N-dealkylation sites (tertiary alicyclic amines) is 1. The molecule has 2 amide bonds. The van der Waals surface area contributed by atoms with Gasteiger partial charge in [-0.25, -0.2) is 4.63 Å². The smallest absolute Gasteiger partial charge is 0.228 e. The molecule has 1 aromatic heterocycles. The van der Waals surface area contributed by atoms with Crippen molar-refractivity contribution in [3.05, 3.63) is 23.8 Å². The van der Waals surface area contributed by atoms with E-state index in [-0.39, 0.29) is 24.2 Å². The van der Waals surface area contributed by atoms with Gasteiger partial charge in [0.2, 0.25) is 11.8 Å². The molecule has 1 saturated heterocycles. The van der Waals surface area contributed by atoms with E-state index in [0.717, 1.165) is 5.56 Å². The minimum absolute atomic E-state index is 0.00823. The summed E-state index contributed by atoms with van der Waals surface area (Å²) in [5.41, 5.74) is 2.28. The first-order valence-electron chi connectivity index (χ1n) is 7.81. The lowest BCUT2D eigenvalue weighted by Gasteiger charge is -2.21. The van der Waals surface area contributed by atoms with Crippen LogP contribution in [0.3, 0.4) is 0 Å². The van der Waals surface area contributed by atoms with E-state index in [1.54, 1.807) is 24.0 Å². The molecule has 3 rings (SSSR count). The third kappa shape index (κ3) is 3.38. The number of ether oxygens (including phenoxy) is 1. The summed E-state index contributed by atoms with van der Waals surface area (Å²) in [4.78, 5) is 27.9. The van der Waals surface area contributed by atoms with Crippen molar-refractivity contribution in [2.75, 3.05) is 33.9 Å². The molecule has 128 valence electrons. The maximum atomic E-state index is 12.6. The molecule has 0 spiro atoms. The van der Waals surface area contributed by atoms with Gasteiger partial charge in [-0.1, -0.05) is 6.07 Å². The van der Waals surface area contributed by atoms with Crippen LogP contribution < -0.4 is 0 Å². The van der Waals surface area contributed by atoms with E-state index in [0.29, 0.717) is 37.3 Å². The second kappa shape index (κ2) is 6.96. The van der Waals surface area contributed by atoms with Crippen LogP contribution in [0.5, 0.6) is 0 Å². The Morgan fingerprint density at radius 3 is 3.00 bits per heavy atom. The first-order chi connectivity index (χ1) is 11.6. The van der Waals surface area contributed by atoms with E-state index in [4.69, 9.17) is 4.74 Å². The van der Waals surface area contributed by atoms with Crippen molar-refractivity contribution in [1.29, 1.82) is 0 Å². The molecule has 1 aromatic carbocycles. The molecule has 0 saturated carbocycles. The first kappa shape index (κ1) is 16.4. The van der Waals surface area contributed by atoms with Crippen LogP contribution in [0.4, 0.5) is 0 Å². The molecule has 0 bridgehead atoms. The lowest BCUT2D eigenvalue weighted by atomic mass is 10.1. The minimum atomic E-state index is -0.295. The van der Waals surface area contributed by atoms with E-state index in [9.17, 15) is 9.59 Å². The molecule has 1 aliphatic heterocycles. The van der Waals surface area contributed by atoms with Crippen LogP contribution in [0.2, 0.25) is 0 Å². The summed E-state index contributed by atoms with van der Waals surface area (Å²) >= 11 is 0. The topological polar surface area (TPSA) is 88.8 Å². The molecule has 0 N–H and O–H groups in total. The fraction of sp³-hybridized carbons (Fsp3) is 0.500. The van der Waals surface area contributed by atoms with Gasteiger partial charge in [0.05, 0.1) is 12.5 Å². The highest BCUT2D eigenvalue weighted by Crippen LogP contribution is 2.21. The van der Waals surface area contributed by atoms with Crippen LogP contribution in [0, 0.1) is 5.92 Å². The lowest BCUT2D eigenvalue weighted by molar-refractivity contribution is -0.135. The summed E-state index contributed by atoms with van der Waals surface area (Å²) in [5.74, 6) is -0.313. The number of carbonyl (C=O) groups excluding carboxylic acids is 2. The Kier molecular flexibility index (Phi) is 4.75. The van der Waals surface area contributed by atoms with Crippen molar-refractivity contribution in [3.63, 3.8) is 0 Å². The van der Waals surface area contributed by atoms with Gasteiger partial charge in [0, 0.05) is 40.2 Å². The molecule has 8 nitrogen and oxygen atoms in total. The Hall–Kier alpha value is -2.48. The zero-order valence-electron chi connectivity index (χ0n) is 13.8. The number of amides is 2. The molecule has 24 heavy (non-hydrogen) atoms. The van der Waals surface area contributed by atoms with Gasteiger partial charge in [-0.05, 0) is 28.0 Å². The number of hydrogen-bond donors (Lipinski definition) is 0. The van der Waals surface area contributed by atoms with Gasteiger partial charge in [0.25, 0.3) is 0 Å². The molecule has 2 aromatic rings. The Morgan fingerprint density at radius 2 is 2.21 bits per heavy atom. The molecule has 0 aliphatic carbocycles. The third-order valence-electron chi connectivity index (χ3n) is 4.24. The summed E-state index contributed by atoms with van der Waals surface area (Å²) in [7, 11) is 3.34. The summed E-state index contributed by atoms with van der Waals surface area (Å²) in [5, 5.41) is 7.56. The van der Waals surface area contributed by atoms with Gasteiger partial charge >= 0.3 is 0 Å². The van der Waals surface area contributed by atoms with E-state index < -0.39 is 0 Å². The average molecular weight is 332 g/mol. The summed E-state index contributed by atoms with van der Waals surface area (Å²) in [6.45, 7) is 1.91. The van der Waals surface area contributed by atoms with Gasteiger partial charge < -0.3 is 14.5 Å². The highest BCUT2D eigenvalue weighted by molar-refractivity contribution is 5.89. The zero-order chi connectivity index (χ0) is 17.1. The second-order valence-corrected chi connectivity index (χ2v) is 6.02. The third-order valence-corrected chi connectivity index (χ3v) is 4.24. The highest BCUT2D eigenvalue weighted by Gasteiger charge is 2.35. The van der Waals surface area contributed by atoms with Crippen molar-refractivity contribution in [3.8, 4) is 0 Å². The molecular formula is C16H20N4O4. The predicted octanol–water partition coefficient (Wildman–Crippen LogP) is 0.676. The average Bonchev–Trinajstić information content (AvgIpc) is 3.18. The van der Waals surface area contributed by atoms with Gasteiger partial charge in [-0.15, -0.1) is 0 Å². The number of fused-ring (bicyclic) bond motifs is 1. The van der Waals surface area contributed by atoms with E-state index in [2.05, 4.69) is 14.9 Å². The first-order valence-corrected chi connectivity index (χ1v) is 7.81. The highest BCUT2D eigenvalue weighted by atomic mass is 16.6. The van der Waals surface area contributed by atoms with Crippen molar-refractivity contribution in [2.45, 2.75) is 13.0 Å². The van der Waals surface area contributed by atoms with Crippen molar-refractivity contribution in [1.82, 2.24) is 20.1 Å². The fourth-order valence-corrected chi connectivity index (χ4v) is 2.94. The number of methoxy groups -OCH3 is 1. The summed E-state index contributed by atoms with van der Waals surface area (Å²) in [6.07, 6.45) is 0.263. The SMILES string of the molecule is COCCN1C[C@@H](C(=O)N(C)Cc2ccc3nonc3c2)CC1=O. The molecule has 0 radical (unpaired) electrons. The number of nitrogens with zero attached hydrogens (tertiary/aromatic N) is 4. The molecular weight excluding hydrogens is 312 g/mol. The van der Waals surface area contributed by atoms with Gasteiger partial charge in [-0.3, -0.25) is 9.59 Å². The fourth-order valence-electron chi connectivity index (χ4n) is 2.94. The van der Waals surface area contributed by atoms with Crippen LogP contribution in [-0.4, -0.2) is 65.8 Å². The van der Waals surface area contributed by atoms with Gasteiger partial charge in [-0.2, -0.15) is 0 Å². The Labute approximate surface area is 139 Å². The second-order valence-electron chi connectivity index (χ2n) is 6.02. The largest absolute Gasteiger partial charge is 0.383 e. The quantitative estimate of drug-likeness (QED) is 0.773. The Balaban J connectivity index is 1.61. The van der Waals surface area contributed by atoms with Crippen molar-refractivity contribution >= 4 is 22.8 Å².